The molecule has 0 aliphatic rings. The van der Waals surface area contributed by atoms with Crippen LogP contribution in [0, 0.1) is 5.82 Å². The van der Waals surface area contributed by atoms with Crippen LogP contribution < -0.4 is 5.14 Å². The van der Waals surface area contributed by atoms with Crippen LogP contribution in [0.1, 0.15) is 6.92 Å². The minimum atomic E-state index is -3.94. The Hall–Kier alpha value is -1.84. The SMILES string of the molecule is CCn1c(-c2cc3ccc(F)cc3s2)nnc1S(N)(=O)=O. The van der Waals surface area contributed by atoms with E-state index in [1.165, 1.54) is 28.0 Å². The first-order chi connectivity index (χ1) is 9.90. The molecule has 0 aliphatic carbocycles. The second kappa shape index (κ2) is 4.86. The van der Waals surface area contributed by atoms with Crippen LogP contribution in [-0.2, 0) is 16.6 Å². The number of nitrogens with zero attached hydrogens (tertiary/aromatic N) is 3. The lowest BCUT2D eigenvalue weighted by atomic mass is 10.2. The number of sulfonamides is 1. The number of thiophene rings is 1. The Balaban J connectivity index is 2.21. The van der Waals surface area contributed by atoms with E-state index in [1.54, 1.807) is 13.0 Å². The zero-order chi connectivity index (χ0) is 15.2. The van der Waals surface area contributed by atoms with Crippen molar-refractivity contribution in [1.82, 2.24) is 14.8 Å². The molecule has 2 aromatic heterocycles. The fourth-order valence-electron chi connectivity index (χ4n) is 2.08. The standard InChI is InChI=1S/C12H11FN4O2S2/c1-2-17-11(15-16-12(17)21(14,18)19)10-5-7-3-4-8(13)6-9(7)20-10/h3-6H,2H2,1H3,(H2,14,18,19). The minimum absolute atomic E-state index is 0.274. The summed E-state index contributed by atoms with van der Waals surface area (Å²) in [5.74, 6) is 0.0845. The molecule has 21 heavy (non-hydrogen) atoms. The third-order valence-electron chi connectivity index (χ3n) is 2.99. The summed E-state index contributed by atoms with van der Waals surface area (Å²) in [6, 6.07) is 6.29. The number of halogens is 1. The van der Waals surface area contributed by atoms with Crippen LogP contribution in [0.15, 0.2) is 29.4 Å². The van der Waals surface area contributed by atoms with Crippen LogP contribution in [-0.4, -0.2) is 23.2 Å². The molecule has 0 saturated carbocycles. The van der Waals surface area contributed by atoms with Crippen LogP contribution in [0.3, 0.4) is 0 Å². The minimum Gasteiger partial charge on any atom is -0.296 e. The Labute approximate surface area is 124 Å². The van der Waals surface area contributed by atoms with Gasteiger partial charge >= 0.3 is 0 Å². The highest BCUT2D eigenvalue weighted by Crippen LogP contribution is 2.33. The molecule has 110 valence electrons. The van der Waals surface area contributed by atoms with Gasteiger partial charge in [0.25, 0.3) is 15.2 Å². The molecule has 1 aromatic carbocycles. The summed E-state index contributed by atoms with van der Waals surface area (Å²) in [5.41, 5.74) is 0. The Kier molecular flexibility index (Phi) is 3.27. The molecule has 3 rings (SSSR count). The first-order valence-electron chi connectivity index (χ1n) is 6.05. The second-order valence-corrected chi connectivity index (χ2v) is 6.93. The molecule has 0 saturated heterocycles. The van der Waals surface area contributed by atoms with Crippen molar-refractivity contribution in [2.24, 2.45) is 5.14 Å². The Morgan fingerprint density at radius 3 is 2.76 bits per heavy atom. The lowest BCUT2D eigenvalue weighted by Gasteiger charge is -2.03. The van der Waals surface area contributed by atoms with Gasteiger partial charge in [0.05, 0.1) is 4.88 Å². The third-order valence-corrected chi connectivity index (χ3v) is 4.89. The topological polar surface area (TPSA) is 90.9 Å². The average Bonchev–Trinajstić information content (AvgIpc) is 2.99. The van der Waals surface area contributed by atoms with E-state index in [0.29, 0.717) is 17.2 Å². The highest BCUT2D eigenvalue weighted by molar-refractivity contribution is 7.89. The van der Waals surface area contributed by atoms with E-state index in [9.17, 15) is 12.8 Å². The Bertz CT molecular complexity index is 930. The summed E-state index contributed by atoms with van der Waals surface area (Å²) in [5, 5.41) is 13.3. The molecule has 3 aromatic rings. The number of aromatic nitrogens is 3. The summed E-state index contributed by atoms with van der Waals surface area (Å²) < 4.78 is 38.4. The quantitative estimate of drug-likeness (QED) is 0.796. The van der Waals surface area contributed by atoms with E-state index in [-0.39, 0.29) is 11.0 Å². The largest absolute Gasteiger partial charge is 0.296 e. The second-order valence-electron chi connectivity index (χ2n) is 4.39. The van der Waals surface area contributed by atoms with E-state index in [2.05, 4.69) is 10.2 Å². The van der Waals surface area contributed by atoms with Gasteiger partial charge in [-0.3, -0.25) is 4.57 Å². The number of hydrogen-bond acceptors (Lipinski definition) is 5. The fourth-order valence-corrected chi connectivity index (χ4v) is 3.84. The molecule has 0 amide bonds. The lowest BCUT2D eigenvalue weighted by molar-refractivity contribution is 0.571. The number of rotatable bonds is 3. The summed E-state index contributed by atoms with van der Waals surface area (Å²) in [7, 11) is -3.94. The first kappa shape index (κ1) is 14.1. The van der Waals surface area contributed by atoms with Crippen molar-refractivity contribution < 1.29 is 12.8 Å². The predicted octanol–water partition coefficient (Wildman–Crippen LogP) is 1.97. The van der Waals surface area contributed by atoms with Gasteiger partial charge in [0, 0.05) is 11.2 Å². The molecule has 0 radical (unpaired) electrons. The van der Waals surface area contributed by atoms with E-state index in [0.717, 1.165) is 10.1 Å². The fraction of sp³-hybridized carbons (Fsp3) is 0.167. The number of benzene rings is 1. The predicted molar refractivity (Wildman–Crippen MR) is 77.8 cm³/mol. The summed E-state index contributed by atoms with van der Waals surface area (Å²) >= 11 is 1.32. The molecule has 2 N–H and O–H groups in total. The molecule has 0 spiro atoms. The smallest absolute Gasteiger partial charge is 0.273 e. The third kappa shape index (κ3) is 2.43. The van der Waals surface area contributed by atoms with E-state index >= 15 is 0 Å². The maximum atomic E-state index is 13.2. The van der Waals surface area contributed by atoms with E-state index < -0.39 is 10.0 Å². The Morgan fingerprint density at radius 1 is 1.33 bits per heavy atom. The number of primary sulfonamides is 1. The van der Waals surface area contributed by atoms with Gasteiger partial charge in [0.1, 0.15) is 5.82 Å². The zero-order valence-electron chi connectivity index (χ0n) is 10.9. The summed E-state index contributed by atoms with van der Waals surface area (Å²) in [4.78, 5) is 0.708. The molecule has 0 bridgehead atoms. The molecule has 2 heterocycles. The molecule has 0 fully saturated rings. The van der Waals surface area contributed by atoms with Crippen molar-refractivity contribution >= 4 is 31.4 Å². The number of fused-ring (bicyclic) bond motifs is 1. The zero-order valence-corrected chi connectivity index (χ0v) is 12.6. The van der Waals surface area contributed by atoms with Crippen LogP contribution in [0.25, 0.3) is 20.8 Å². The van der Waals surface area contributed by atoms with Crippen LogP contribution >= 0.6 is 11.3 Å². The molecular weight excluding hydrogens is 315 g/mol. The van der Waals surface area contributed by atoms with Gasteiger partial charge in [-0.2, -0.15) is 0 Å². The molecule has 9 heteroatoms. The molecular formula is C12H11FN4O2S2. The van der Waals surface area contributed by atoms with Gasteiger partial charge in [-0.15, -0.1) is 21.5 Å². The molecule has 0 unspecified atom stereocenters. The van der Waals surface area contributed by atoms with E-state index in [1.807, 2.05) is 6.07 Å². The normalized spacial score (nSPS) is 12.1. The van der Waals surface area contributed by atoms with Crippen molar-refractivity contribution in [3.8, 4) is 10.7 Å². The van der Waals surface area contributed by atoms with Crippen molar-refractivity contribution in [1.29, 1.82) is 0 Å². The van der Waals surface area contributed by atoms with Crippen molar-refractivity contribution in [3.63, 3.8) is 0 Å². The number of nitrogens with two attached hydrogens (primary N) is 1. The summed E-state index contributed by atoms with van der Waals surface area (Å²) in [6.45, 7) is 2.13. The van der Waals surface area contributed by atoms with Crippen LogP contribution in [0.2, 0.25) is 0 Å². The first-order valence-corrected chi connectivity index (χ1v) is 8.42. The van der Waals surface area contributed by atoms with Gasteiger partial charge in [-0.05, 0) is 30.5 Å². The summed E-state index contributed by atoms with van der Waals surface area (Å²) in [6.07, 6.45) is 0. The van der Waals surface area contributed by atoms with Gasteiger partial charge in [-0.25, -0.2) is 17.9 Å². The van der Waals surface area contributed by atoms with Crippen LogP contribution in [0.4, 0.5) is 4.39 Å². The monoisotopic (exact) mass is 326 g/mol. The molecule has 0 aliphatic heterocycles. The van der Waals surface area contributed by atoms with Gasteiger partial charge in [0.2, 0.25) is 0 Å². The maximum absolute atomic E-state index is 13.2. The average molecular weight is 326 g/mol. The van der Waals surface area contributed by atoms with Gasteiger partial charge in [0.15, 0.2) is 5.82 Å². The Morgan fingerprint density at radius 2 is 2.10 bits per heavy atom. The highest BCUT2D eigenvalue weighted by Gasteiger charge is 2.22. The lowest BCUT2D eigenvalue weighted by Crippen LogP contribution is -2.18. The molecule has 0 atom stereocenters. The van der Waals surface area contributed by atoms with E-state index in [4.69, 9.17) is 5.14 Å². The van der Waals surface area contributed by atoms with Crippen molar-refractivity contribution in [3.05, 3.63) is 30.1 Å². The highest BCUT2D eigenvalue weighted by atomic mass is 32.2. The number of hydrogen-bond donors (Lipinski definition) is 1. The van der Waals surface area contributed by atoms with Crippen LogP contribution in [0.5, 0.6) is 0 Å². The molecule has 6 nitrogen and oxygen atoms in total. The van der Waals surface area contributed by atoms with Crippen molar-refractivity contribution in [2.45, 2.75) is 18.6 Å². The maximum Gasteiger partial charge on any atom is 0.273 e. The van der Waals surface area contributed by atoms with Gasteiger partial charge < -0.3 is 0 Å². The van der Waals surface area contributed by atoms with Gasteiger partial charge in [-0.1, -0.05) is 6.07 Å². The van der Waals surface area contributed by atoms with Crippen molar-refractivity contribution in [2.75, 3.05) is 0 Å².